The maximum atomic E-state index is 12.1. The molecule has 0 bridgehead atoms. The molecule has 108 valence electrons. The number of pyridine rings is 1. The van der Waals surface area contributed by atoms with E-state index in [4.69, 9.17) is 11.6 Å². The van der Waals surface area contributed by atoms with Crippen molar-refractivity contribution in [3.8, 4) is 0 Å². The lowest BCUT2D eigenvalue weighted by molar-refractivity contribution is 0.588. The van der Waals surface area contributed by atoms with Crippen LogP contribution in [0.4, 0.5) is 5.69 Å². The van der Waals surface area contributed by atoms with Gasteiger partial charge in [-0.15, -0.1) is 11.6 Å². The van der Waals surface area contributed by atoms with Gasteiger partial charge in [0.2, 0.25) is 10.0 Å². The average molecular weight is 313 g/mol. The molecule has 1 aromatic carbocycles. The van der Waals surface area contributed by atoms with Gasteiger partial charge in [-0.05, 0) is 25.0 Å². The lowest BCUT2D eigenvalue weighted by atomic mass is 10.2. The van der Waals surface area contributed by atoms with E-state index in [0.29, 0.717) is 17.1 Å². The van der Waals surface area contributed by atoms with Gasteiger partial charge < -0.3 is 0 Å². The van der Waals surface area contributed by atoms with E-state index < -0.39 is 10.0 Å². The molecule has 0 aliphatic carbocycles. The molecule has 0 spiro atoms. The van der Waals surface area contributed by atoms with Crippen LogP contribution in [0.15, 0.2) is 30.3 Å². The van der Waals surface area contributed by atoms with Crippen LogP contribution in [0.5, 0.6) is 0 Å². The fraction of sp³-hybridized carbons (Fsp3) is 0.357. The molecule has 6 heteroatoms. The van der Waals surface area contributed by atoms with Crippen LogP contribution in [0.3, 0.4) is 0 Å². The summed E-state index contributed by atoms with van der Waals surface area (Å²) in [6, 6.07) is 9.26. The second kappa shape index (κ2) is 5.97. The number of hydrogen-bond acceptors (Lipinski definition) is 3. The molecule has 1 unspecified atom stereocenters. The van der Waals surface area contributed by atoms with Crippen LogP contribution in [0.1, 0.15) is 12.6 Å². The number of aryl methyl sites for hydroxylation is 1. The lowest BCUT2D eigenvalue weighted by Gasteiger charge is -2.12. The Morgan fingerprint density at radius 3 is 2.75 bits per heavy atom. The molecular weight excluding hydrogens is 296 g/mol. The third kappa shape index (κ3) is 3.61. The summed E-state index contributed by atoms with van der Waals surface area (Å²) in [4.78, 5) is 4.41. The highest BCUT2D eigenvalue weighted by Gasteiger charge is 2.16. The van der Waals surface area contributed by atoms with Crippen molar-refractivity contribution in [2.24, 2.45) is 5.92 Å². The van der Waals surface area contributed by atoms with E-state index in [-0.39, 0.29) is 11.7 Å². The first kappa shape index (κ1) is 15.1. The van der Waals surface area contributed by atoms with Gasteiger partial charge in [0.25, 0.3) is 0 Å². The van der Waals surface area contributed by atoms with Crippen LogP contribution < -0.4 is 4.72 Å². The van der Waals surface area contributed by atoms with Gasteiger partial charge in [0.15, 0.2) is 0 Å². The molecule has 0 saturated heterocycles. The first-order valence-corrected chi connectivity index (χ1v) is 8.53. The Kier molecular flexibility index (Phi) is 4.50. The molecule has 0 radical (unpaired) electrons. The second-order valence-corrected chi connectivity index (χ2v) is 7.05. The van der Waals surface area contributed by atoms with Gasteiger partial charge in [0.1, 0.15) is 0 Å². The van der Waals surface area contributed by atoms with Crippen LogP contribution in [0.25, 0.3) is 10.9 Å². The highest BCUT2D eigenvalue weighted by Crippen LogP contribution is 2.23. The first-order valence-electron chi connectivity index (χ1n) is 6.34. The largest absolute Gasteiger partial charge is 0.281 e. The minimum Gasteiger partial charge on any atom is -0.281 e. The Balaban J connectivity index is 2.36. The number of anilines is 1. The molecule has 2 aromatic rings. The van der Waals surface area contributed by atoms with Gasteiger partial charge in [-0.2, -0.15) is 0 Å². The van der Waals surface area contributed by atoms with E-state index in [2.05, 4.69) is 9.71 Å². The minimum absolute atomic E-state index is 0.00129. The van der Waals surface area contributed by atoms with Crippen molar-refractivity contribution in [2.45, 2.75) is 13.8 Å². The Morgan fingerprint density at radius 2 is 2.05 bits per heavy atom. The topological polar surface area (TPSA) is 59.1 Å². The third-order valence-electron chi connectivity index (χ3n) is 2.89. The maximum Gasteiger partial charge on any atom is 0.233 e. The molecule has 0 saturated carbocycles. The fourth-order valence-electron chi connectivity index (χ4n) is 1.96. The third-order valence-corrected chi connectivity index (χ3v) is 4.96. The van der Waals surface area contributed by atoms with E-state index in [1.807, 2.05) is 31.2 Å². The summed E-state index contributed by atoms with van der Waals surface area (Å²) in [5.74, 6) is 0.214. The molecule has 0 fully saturated rings. The monoisotopic (exact) mass is 312 g/mol. The van der Waals surface area contributed by atoms with Gasteiger partial charge in [-0.25, -0.2) is 8.42 Å². The van der Waals surface area contributed by atoms with E-state index in [1.54, 1.807) is 13.0 Å². The smallest absolute Gasteiger partial charge is 0.233 e. The lowest BCUT2D eigenvalue weighted by Crippen LogP contribution is -2.22. The number of para-hydroxylation sites is 1. The normalized spacial score (nSPS) is 13.3. The van der Waals surface area contributed by atoms with Crippen molar-refractivity contribution in [1.82, 2.24) is 4.98 Å². The zero-order chi connectivity index (χ0) is 14.8. The van der Waals surface area contributed by atoms with E-state index in [0.717, 1.165) is 11.1 Å². The standard InChI is InChI=1S/C14H17ClN2O2S/c1-10(8-15)9-20(18,19)17-13-5-3-4-12-7-6-11(2)16-14(12)13/h3-7,10,17H,8-9H2,1-2H3. The Hall–Kier alpha value is -1.33. The summed E-state index contributed by atoms with van der Waals surface area (Å²) < 4.78 is 26.8. The molecule has 2 rings (SSSR count). The van der Waals surface area contributed by atoms with Crippen LogP contribution >= 0.6 is 11.6 Å². The molecule has 1 heterocycles. The zero-order valence-corrected chi connectivity index (χ0v) is 13.0. The molecule has 0 amide bonds. The predicted molar refractivity (Wildman–Crippen MR) is 83.8 cm³/mol. The number of sulfonamides is 1. The molecule has 4 nitrogen and oxygen atoms in total. The maximum absolute atomic E-state index is 12.1. The SMILES string of the molecule is Cc1ccc2cccc(NS(=O)(=O)CC(C)CCl)c2n1. The molecular formula is C14H17ClN2O2S. The van der Waals surface area contributed by atoms with Gasteiger partial charge >= 0.3 is 0 Å². The minimum atomic E-state index is -3.42. The van der Waals surface area contributed by atoms with Crippen LogP contribution in [-0.4, -0.2) is 25.0 Å². The van der Waals surface area contributed by atoms with Crippen molar-refractivity contribution in [3.05, 3.63) is 36.0 Å². The fourth-order valence-corrected chi connectivity index (χ4v) is 3.64. The average Bonchev–Trinajstić information content (AvgIpc) is 2.38. The first-order chi connectivity index (χ1) is 9.41. The number of fused-ring (bicyclic) bond motifs is 1. The quantitative estimate of drug-likeness (QED) is 0.863. The Bertz CT molecular complexity index is 716. The van der Waals surface area contributed by atoms with Crippen LogP contribution in [-0.2, 0) is 10.0 Å². The molecule has 1 atom stereocenters. The summed E-state index contributed by atoms with van der Waals surface area (Å²) in [6.07, 6.45) is 0. The molecule has 1 aromatic heterocycles. The van der Waals surface area contributed by atoms with Crippen molar-refractivity contribution in [1.29, 1.82) is 0 Å². The number of aromatic nitrogens is 1. The summed E-state index contributed by atoms with van der Waals surface area (Å²) in [5.41, 5.74) is 2.01. The van der Waals surface area contributed by atoms with Crippen molar-refractivity contribution in [3.63, 3.8) is 0 Å². The number of rotatable bonds is 5. The number of hydrogen-bond donors (Lipinski definition) is 1. The van der Waals surface area contributed by atoms with Gasteiger partial charge in [-0.1, -0.05) is 25.1 Å². The summed E-state index contributed by atoms with van der Waals surface area (Å²) >= 11 is 5.67. The summed E-state index contributed by atoms with van der Waals surface area (Å²) in [7, 11) is -3.42. The van der Waals surface area contributed by atoms with E-state index in [1.165, 1.54) is 0 Å². The summed E-state index contributed by atoms with van der Waals surface area (Å²) in [6.45, 7) is 3.68. The van der Waals surface area contributed by atoms with Crippen molar-refractivity contribution >= 4 is 38.2 Å². The van der Waals surface area contributed by atoms with Crippen molar-refractivity contribution in [2.75, 3.05) is 16.4 Å². The second-order valence-electron chi connectivity index (χ2n) is 4.97. The van der Waals surface area contributed by atoms with Gasteiger partial charge in [0.05, 0.1) is 17.0 Å². The number of nitrogens with zero attached hydrogens (tertiary/aromatic N) is 1. The van der Waals surface area contributed by atoms with Gasteiger partial charge in [0, 0.05) is 17.0 Å². The van der Waals surface area contributed by atoms with Crippen molar-refractivity contribution < 1.29 is 8.42 Å². The number of benzene rings is 1. The summed E-state index contributed by atoms with van der Waals surface area (Å²) in [5, 5.41) is 0.904. The molecule has 1 N–H and O–H groups in total. The van der Waals surface area contributed by atoms with E-state index >= 15 is 0 Å². The van der Waals surface area contributed by atoms with E-state index in [9.17, 15) is 8.42 Å². The molecule has 0 aliphatic rings. The number of halogens is 1. The van der Waals surface area contributed by atoms with Gasteiger partial charge in [-0.3, -0.25) is 9.71 Å². The predicted octanol–water partition coefficient (Wildman–Crippen LogP) is 3.16. The number of alkyl halides is 1. The molecule has 0 aliphatic heterocycles. The highest BCUT2D eigenvalue weighted by molar-refractivity contribution is 7.92. The Labute approximate surface area is 124 Å². The Morgan fingerprint density at radius 1 is 1.30 bits per heavy atom. The highest BCUT2D eigenvalue weighted by atomic mass is 35.5. The number of nitrogens with one attached hydrogen (secondary N) is 1. The van der Waals surface area contributed by atoms with Crippen LogP contribution in [0, 0.1) is 12.8 Å². The van der Waals surface area contributed by atoms with Crippen LogP contribution in [0.2, 0.25) is 0 Å². The molecule has 20 heavy (non-hydrogen) atoms. The zero-order valence-electron chi connectivity index (χ0n) is 11.4.